The van der Waals surface area contributed by atoms with Crippen LogP contribution >= 0.6 is 11.3 Å². The molecule has 128 valence electrons. The molecule has 2 aromatic heterocycles. The lowest BCUT2D eigenvalue weighted by Gasteiger charge is -2.43. The zero-order chi connectivity index (χ0) is 16.4. The predicted molar refractivity (Wildman–Crippen MR) is 91.3 cm³/mol. The number of thiazole rings is 1. The third-order valence-electron chi connectivity index (χ3n) is 4.81. The molecule has 1 amide bonds. The molecule has 0 bridgehead atoms. The van der Waals surface area contributed by atoms with Gasteiger partial charge < -0.3 is 19.5 Å². The number of likely N-dealkylation sites (tertiary alicyclic amines) is 1. The summed E-state index contributed by atoms with van der Waals surface area (Å²) in [5.41, 5.74) is 0.522. The normalized spacial score (nSPS) is 25.0. The first-order chi connectivity index (χ1) is 11.8. The highest BCUT2D eigenvalue weighted by atomic mass is 32.1. The third kappa shape index (κ3) is 3.03. The summed E-state index contributed by atoms with van der Waals surface area (Å²) < 4.78 is 5.91. The van der Waals surface area contributed by atoms with Crippen LogP contribution in [0.1, 0.15) is 23.3 Å². The maximum absolute atomic E-state index is 12.7. The molecule has 1 atom stereocenters. The number of aromatic nitrogens is 3. The lowest BCUT2D eigenvalue weighted by molar-refractivity contribution is 0.0133. The molecular formula is C16H21N5O2S. The highest BCUT2D eigenvalue weighted by Gasteiger charge is 2.41. The first-order valence-corrected chi connectivity index (χ1v) is 9.14. The SMILES string of the molecule is O=C(c1cnc[nH]1)N1CCCC2(COCCN(c3nccs3)C2)C1. The minimum atomic E-state index is -0.0316. The van der Waals surface area contributed by atoms with E-state index in [1.54, 1.807) is 23.9 Å². The topological polar surface area (TPSA) is 74.3 Å². The largest absolute Gasteiger partial charge is 0.379 e. The van der Waals surface area contributed by atoms with Crippen LogP contribution in [0.2, 0.25) is 0 Å². The Hall–Kier alpha value is -1.93. The fourth-order valence-corrected chi connectivity index (χ4v) is 4.37. The van der Waals surface area contributed by atoms with Gasteiger partial charge in [0.15, 0.2) is 5.13 Å². The summed E-state index contributed by atoms with van der Waals surface area (Å²) in [4.78, 5) is 28.2. The second kappa shape index (κ2) is 6.52. The van der Waals surface area contributed by atoms with Crippen LogP contribution in [0.25, 0.3) is 0 Å². The Morgan fingerprint density at radius 2 is 2.33 bits per heavy atom. The van der Waals surface area contributed by atoms with Crippen molar-refractivity contribution in [3.05, 3.63) is 29.8 Å². The van der Waals surface area contributed by atoms with Gasteiger partial charge in [-0.3, -0.25) is 4.79 Å². The molecule has 8 heteroatoms. The maximum atomic E-state index is 12.7. The summed E-state index contributed by atoms with van der Waals surface area (Å²) in [5, 5.41) is 3.04. The van der Waals surface area contributed by atoms with Gasteiger partial charge in [-0.1, -0.05) is 0 Å². The molecule has 7 nitrogen and oxygen atoms in total. The molecule has 1 N–H and O–H groups in total. The number of amides is 1. The number of nitrogens with one attached hydrogen (secondary N) is 1. The lowest BCUT2D eigenvalue weighted by Crippen LogP contribution is -2.52. The van der Waals surface area contributed by atoms with Gasteiger partial charge in [0.1, 0.15) is 5.69 Å². The van der Waals surface area contributed by atoms with Crippen LogP contribution in [-0.4, -0.2) is 65.2 Å². The molecule has 24 heavy (non-hydrogen) atoms. The average molecular weight is 347 g/mol. The fraction of sp³-hybridized carbons (Fsp3) is 0.562. The van der Waals surface area contributed by atoms with Gasteiger partial charge in [0.25, 0.3) is 5.91 Å². The number of H-pyrrole nitrogens is 1. The molecule has 0 aliphatic carbocycles. The summed E-state index contributed by atoms with van der Waals surface area (Å²) in [7, 11) is 0. The van der Waals surface area contributed by atoms with Gasteiger partial charge in [-0.15, -0.1) is 11.3 Å². The van der Waals surface area contributed by atoms with Crippen LogP contribution < -0.4 is 4.90 Å². The van der Waals surface area contributed by atoms with Crippen molar-refractivity contribution >= 4 is 22.4 Å². The molecule has 2 fully saturated rings. The Balaban J connectivity index is 1.53. The molecule has 1 spiro atoms. The Labute approximate surface area is 144 Å². The van der Waals surface area contributed by atoms with E-state index in [1.807, 2.05) is 16.5 Å². The van der Waals surface area contributed by atoms with E-state index in [4.69, 9.17) is 4.74 Å². The van der Waals surface area contributed by atoms with Crippen LogP contribution in [0.5, 0.6) is 0 Å². The second-order valence-electron chi connectivity index (χ2n) is 6.58. The number of hydrogen-bond donors (Lipinski definition) is 1. The van der Waals surface area contributed by atoms with Gasteiger partial charge in [-0.2, -0.15) is 0 Å². The Bertz CT molecular complexity index is 675. The first kappa shape index (κ1) is 15.6. The van der Waals surface area contributed by atoms with E-state index in [0.717, 1.165) is 37.6 Å². The monoisotopic (exact) mass is 347 g/mol. The summed E-state index contributed by atoms with van der Waals surface area (Å²) >= 11 is 1.66. The zero-order valence-electron chi connectivity index (χ0n) is 13.5. The van der Waals surface area contributed by atoms with Gasteiger partial charge in [0, 0.05) is 43.2 Å². The molecule has 4 heterocycles. The van der Waals surface area contributed by atoms with Crippen LogP contribution in [0.3, 0.4) is 0 Å². The number of piperidine rings is 1. The Morgan fingerprint density at radius 3 is 3.12 bits per heavy atom. The first-order valence-electron chi connectivity index (χ1n) is 8.26. The molecule has 2 saturated heterocycles. The van der Waals surface area contributed by atoms with E-state index in [-0.39, 0.29) is 11.3 Å². The van der Waals surface area contributed by atoms with Crippen LogP contribution in [0, 0.1) is 5.41 Å². The highest BCUT2D eigenvalue weighted by Crippen LogP contribution is 2.35. The minimum Gasteiger partial charge on any atom is -0.379 e. The highest BCUT2D eigenvalue weighted by molar-refractivity contribution is 7.13. The van der Waals surface area contributed by atoms with Crippen molar-refractivity contribution < 1.29 is 9.53 Å². The molecule has 2 aliphatic heterocycles. The quantitative estimate of drug-likeness (QED) is 0.894. The minimum absolute atomic E-state index is 0.0246. The van der Waals surface area contributed by atoms with Crippen molar-refractivity contribution in [2.24, 2.45) is 5.41 Å². The lowest BCUT2D eigenvalue weighted by atomic mass is 9.80. The van der Waals surface area contributed by atoms with E-state index < -0.39 is 0 Å². The van der Waals surface area contributed by atoms with Gasteiger partial charge in [0.2, 0.25) is 0 Å². The number of ether oxygens (including phenoxy) is 1. The molecule has 2 aliphatic rings. The van der Waals surface area contributed by atoms with E-state index in [0.29, 0.717) is 25.5 Å². The molecule has 0 radical (unpaired) electrons. The standard InChI is InChI=1S/C16H21N5O2S/c22-14(13-8-17-12-19-13)20-4-1-2-16(9-20)10-21(5-6-23-11-16)15-18-3-7-24-15/h3,7-8,12H,1-2,4-6,9-11H2,(H,17,19). The molecule has 4 rings (SSSR count). The van der Waals surface area contributed by atoms with Crippen molar-refractivity contribution in [3.8, 4) is 0 Å². The van der Waals surface area contributed by atoms with Crippen molar-refractivity contribution in [2.75, 3.05) is 44.3 Å². The van der Waals surface area contributed by atoms with Gasteiger partial charge in [0.05, 0.1) is 25.7 Å². The fourth-order valence-electron chi connectivity index (χ4n) is 3.70. The predicted octanol–water partition coefficient (Wildman–Crippen LogP) is 1.63. The molecular weight excluding hydrogens is 326 g/mol. The summed E-state index contributed by atoms with van der Waals surface area (Å²) in [6, 6.07) is 0. The van der Waals surface area contributed by atoms with E-state index in [1.165, 1.54) is 0 Å². The number of hydrogen-bond acceptors (Lipinski definition) is 6. The number of aromatic amines is 1. The number of nitrogens with zero attached hydrogens (tertiary/aromatic N) is 4. The summed E-state index contributed by atoms with van der Waals surface area (Å²) in [6.45, 7) is 4.64. The average Bonchev–Trinajstić information content (AvgIpc) is 3.28. The number of anilines is 1. The van der Waals surface area contributed by atoms with Gasteiger partial charge in [-0.25, -0.2) is 9.97 Å². The molecule has 0 saturated carbocycles. The van der Waals surface area contributed by atoms with Crippen molar-refractivity contribution in [2.45, 2.75) is 12.8 Å². The van der Waals surface area contributed by atoms with Crippen molar-refractivity contribution in [1.82, 2.24) is 19.9 Å². The third-order valence-corrected chi connectivity index (χ3v) is 5.64. The summed E-state index contributed by atoms with van der Waals surface area (Å²) in [6.07, 6.45) is 7.05. The smallest absolute Gasteiger partial charge is 0.271 e. The van der Waals surface area contributed by atoms with Gasteiger partial charge in [-0.05, 0) is 12.8 Å². The van der Waals surface area contributed by atoms with Gasteiger partial charge >= 0.3 is 0 Å². The maximum Gasteiger partial charge on any atom is 0.271 e. The number of carbonyl (C=O) groups excluding carboxylic acids is 1. The number of imidazole rings is 1. The van der Waals surface area contributed by atoms with E-state index in [9.17, 15) is 4.79 Å². The molecule has 2 aromatic rings. The Morgan fingerprint density at radius 1 is 1.38 bits per heavy atom. The van der Waals surface area contributed by atoms with Crippen molar-refractivity contribution in [3.63, 3.8) is 0 Å². The second-order valence-corrected chi connectivity index (χ2v) is 7.46. The van der Waals surface area contributed by atoms with E-state index >= 15 is 0 Å². The Kier molecular flexibility index (Phi) is 4.24. The van der Waals surface area contributed by atoms with E-state index in [2.05, 4.69) is 19.9 Å². The molecule has 0 aromatic carbocycles. The molecule has 1 unspecified atom stereocenters. The van der Waals surface area contributed by atoms with Crippen molar-refractivity contribution in [1.29, 1.82) is 0 Å². The van der Waals surface area contributed by atoms with Crippen LogP contribution in [0.15, 0.2) is 24.1 Å². The number of carbonyl (C=O) groups is 1. The zero-order valence-corrected chi connectivity index (χ0v) is 14.3. The van der Waals surface area contributed by atoms with Crippen LogP contribution in [0.4, 0.5) is 5.13 Å². The number of rotatable bonds is 2. The van der Waals surface area contributed by atoms with Crippen LogP contribution in [-0.2, 0) is 4.74 Å². The summed E-state index contributed by atoms with van der Waals surface area (Å²) in [5.74, 6) is 0.0246.